The molecule has 1 rings (SSSR count). The Balaban J connectivity index is 0.00000625. The summed E-state index contributed by atoms with van der Waals surface area (Å²) < 4.78 is 17.6. The molecule has 0 radical (unpaired) electrons. The fourth-order valence-corrected chi connectivity index (χ4v) is 2.94. The molecule has 1 atom stereocenters. The Morgan fingerprint density at radius 3 is 2.46 bits per heavy atom. The second-order valence-electron chi connectivity index (χ2n) is 6.62. The van der Waals surface area contributed by atoms with Crippen molar-refractivity contribution in [3.63, 3.8) is 0 Å². The lowest BCUT2D eigenvalue weighted by atomic mass is 10.3. The molecular formula is C18H31ClIN3O2S. The SMILES string of the molecule is CCNC(=NCCS(=O)C(C)(C)C)N(C)CCOc1ccc(Cl)cc1.I. The zero-order valence-corrected chi connectivity index (χ0v) is 20.2. The van der Waals surface area contributed by atoms with E-state index in [0.717, 1.165) is 18.3 Å². The molecule has 0 saturated carbocycles. The molecule has 0 bridgehead atoms. The summed E-state index contributed by atoms with van der Waals surface area (Å²) in [6.07, 6.45) is 0. The van der Waals surface area contributed by atoms with E-state index in [9.17, 15) is 4.21 Å². The van der Waals surface area contributed by atoms with Crippen LogP contribution in [0.5, 0.6) is 5.75 Å². The van der Waals surface area contributed by atoms with Crippen molar-refractivity contribution in [2.75, 3.05) is 39.0 Å². The molecule has 0 aliphatic rings. The first-order chi connectivity index (χ1) is 11.7. The number of ether oxygens (including phenoxy) is 1. The monoisotopic (exact) mass is 515 g/mol. The molecule has 26 heavy (non-hydrogen) atoms. The molecule has 0 spiro atoms. The van der Waals surface area contributed by atoms with Crippen LogP contribution in [0.1, 0.15) is 27.7 Å². The van der Waals surface area contributed by atoms with Gasteiger partial charge in [-0.2, -0.15) is 0 Å². The molecule has 0 saturated heterocycles. The third kappa shape index (κ3) is 9.97. The van der Waals surface area contributed by atoms with Crippen molar-refractivity contribution in [3.8, 4) is 5.75 Å². The second kappa shape index (κ2) is 12.8. The Kier molecular flexibility index (Phi) is 12.5. The highest BCUT2D eigenvalue weighted by atomic mass is 127. The highest BCUT2D eigenvalue weighted by Gasteiger charge is 2.18. The van der Waals surface area contributed by atoms with E-state index in [1.807, 2.05) is 63.9 Å². The van der Waals surface area contributed by atoms with Crippen molar-refractivity contribution in [2.45, 2.75) is 32.4 Å². The minimum Gasteiger partial charge on any atom is -0.492 e. The fraction of sp³-hybridized carbons (Fsp3) is 0.611. The van der Waals surface area contributed by atoms with Gasteiger partial charge in [0, 0.05) is 39.9 Å². The standard InChI is InChI=1S/C18H30ClN3O2S.HI/c1-6-20-17(21-11-14-25(23)18(2,3)4)22(5)12-13-24-16-9-7-15(19)8-10-16;/h7-10H,6,11-14H2,1-5H3,(H,20,21);1H. The number of aliphatic imine (C=N–C) groups is 1. The van der Waals surface area contributed by atoms with E-state index in [-0.39, 0.29) is 28.7 Å². The molecule has 1 N–H and O–H groups in total. The molecule has 0 aromatic heterocycles. The van der Waals surface area contributed by atoms with E-state index in [1.165, 1.54) is 0 Å². The number of nitrogens with one attached hydrogen (secondary N) is 1. The minimum atomic E-state index is -0.892. The number of nitrogens with zero attached hydrogens (tertiary/aromatic N) is 2. The molecule has 150 valence electrons. The first kappa shape index (κ1) is 25.5. The predicted molar refractivity (Wildman–Crippen MR) is 124 cm³/mol. The van der Waals surface area contributed by atoms with Crippen LogP contribution in [0.4, 0.5) is 0 Å². The van der Waals surface area contributed by atoms with Gasteiger partial charge >= 0.3 is 0 Å². The van der Waals surface area contributed by atoms with Crippen LogP contribution in [0.15, 0.2) is 29.3 Å². The number of rotatable bonds is 8. The van der Waals surface area contributed by atoms with Gasteiger partial charge in [0.2, 0.25) is 0 Å². The van der Waals surface area contributed by atoms with E-state index in [0.29, 0.717) is 30.5 Å². The van der Waals surface area contributed by atoms with Crippen LogP contribution in [0.3, 0.4) is 0 Å². The van der Waals surface area contributed by atoms with Crippen molar-refractivity contribution in [1.29, 1.82) is 0 Å². The van der Waals surface area contributed by atoms with Gasteiger partial charge in [-0.1, -0.05) is 11.6 Å². The van der Waals surface area contributed by atoms with E-state index in [2.05, 4.69) is 10.3 Å². The molecule has 0 aliphatic carbocycles. The molecule has 1 aromatic carbocycles. The van der Waals surface area contributed by atoms with Gasteiger partial charge in [0.1, 0.15) is 12.4 Å². The molecule has 0 fully saturated rings. The van der Waals surface area contributed by atoms with Crippen molar-refractivity contribution >= 4 is 52.3 Å². The smallest absolute Gasteiger partial charge is 0.193 e. The van der Waals surface area contributed by atoms with E-state index in [4.69, 9.17) is 16.3 Å². The summed E-state index contributed by atoms with van der Waals surface area (Å²) in [5.74, 6) is 2.15. The number of hydrogen-bond donors (Lipinski definition) is 1. The summed E-state index contributed by atoms with van der Waals surface area (Å²) in [4.78, 5) is 6.58. The van der Waals surface area contributed by atoms with E-state index < -0.39 is 10.8 Å². The molecule has 1 unspecified atom stereocenters. The van der Waals surface area contributed by atoms with Gasteiger partial charge in [0.15, 0.2) is 5.96 Å². The van der Waals surface area contributed by atoms with Crippen molar-refractivity contribution in [1.82, 2.24) is 10.2 Å². The average molecular weight is 516 g/mol. The normalized spacial score (nSPS) is 12.9. The van der Waals surface area contributed by atoms with Crippen LogP contribution < -0.4 is 10.1 Å². The maximum absolute atomic E-state index is 12.1. The second-order valence-corrected chi connectivity index (χ2v) is 9.38. The summed E-state index contributed by atoms with van der Waals surface area (Å²) in [6.45, 7) is 10.5. The Morgan fingerprint density at radius 1 is 1.31 bits per heavy atom. The van der Waals surface area contributed by atoms with Crippen molar-refractivity contribution in [3.05, 3.63) is 29.3 Å². The van der Waals surface area contributed by atoms with Crippen LogP contribution in [0.2, 0.25) is 5.02 Å². The lowest BCUT2D eigenvalue weighted by Gasteiger charge is -2.22. The lowest BCUT2D eigenvalue weighted by Crippen LogP contribution is -2.41. The van der Waals surface area contributed by atoms with Gasteiger partial charge in [-0.25, -0.2) is 0 Å². The van der Waals surface area contributed by atoms with E-state index in [1.54, 1.807) is 0 Å². The third-order valence-corrected chi connectivity index (χ3v) is 5.60. The van der Waals surface area contributed by atoms with Crippen LogP contribution in [0, 0.1) is 0 Å². The number of benzene rings is 1. The molecule has 5 nitrogen and oxygen atoms in total. The topological polar surface area (TPSA) is 53.9 Å². The van der Waals surface area contributed by atoms with E-state index >= 15 is 0 Å². The predicted octanol–water partition coefficient (Wildman–Crippen LogP) is 3.78. The summed E-state index contributed by atoms with van der Waals surface area (Å²) >= 11 is 5.86. The maximum atomic E-state index is 12.1. The number of halogens is 2. The van der Waals surface area contributed by atoms with Gasteiger partial charge in [-0.3, -0.25) is 9.20 Å². The summed E-state index contributed by atoms with van der Waals surface area (Å²) in [5, 5.41) is 3.95. The highest BCUT2D eigenvalue weighted by molar-refractivity contribution is 14.0. The fourth-order valence-electron chi connectivity index (χ4n) is 1.95. The lowest BCUT2D eigenvalue weighted by molar-refractivity contribution is 0.281. The van der Waals surface area contributed by atoms with Crippen LogP contribution in [0.25, 0.3) is 0 Å². The van der Waals surface area contributed by atoms with Crippen molar-refractivity contribution < 1.29 is 8.95 Å². The van der Waals surface area contributed by atoms with Gasteiger partial charge in [-0.15, -0.1) is 24.0 Å². The molecule has 0 heterocycles. The largest absolute Gasteiger partial charge is 0.492 e. The van der Waals surface area contributed by atoms with Gasteiger partial charge in [0.05, 0.1) is 13.1 Å². The average Bonchev–Trinajstić information content (AvgIpc) is 2.54. The van der Waals surface area contributed by atoms with Crippen molar-refractivity contribution in [2.24, 2.45) is 4.99 Å². The summed E-state index contributed by atoms with van der Waals surface area (Å²) in [5.41, 5.74) is 0. The van der Waals surface area contributed by atoms with Gasteiger partial charge in [-0.05, 0) is 52.0 Å². The Labute approximate surface area is 182 Å². The Hall–Kier alpha value is -0.540. The Bertz CT molecular complexity index is 577. The quantitative estimate of drug-likeness (QED) is 0.325. The maximum Gasteiger partial charge on any atom is 0.193 e. The first-order valence-electron chi connectivity index (χ1n) is 8.50. The number of guanidine groups is 1. The van der Waals surface area contributed by atoms with Crippen LogP contribution >= 0.6 is 35.6 Å². The van der Waals surface area contributed by atoms with Gasteiger partial charge in [0.25, 0.3) is 0 Å². The van der Waals surface area contributed by atoms with Gasteiger partial charge < -0.3 is 15.0 Å². The zero-order valence-electron chi connectivity index (χ0n) is 16.3. The number of hydrogen-bond acceptors (Lipinski definition) is 3. The molecule has 0 amide bonds. The summed E-state index contributed by atoms with van der Waals surface area (Å²) in [6, 6.07) is 7.32. The first-order valence-corrected chi connectivity index (χ1v) is 10.2. The molecule has 8 heteroatoms. The molecule has 1 aromatic rings. The summed E-state index contributed by atoms with van der Waals surface area (Å²) in [7, 11) is 1.07. The highest BCUT2D eigenvalue weighted by Crippen LogP contribution is 2.15. The molecular weight excluding hydrogens is 485 g/mol. The Morgan fingerprint density at radius 2 is 1.92 bits per heavy atom. The zero-order chi connectivity index (χ0) is 18.9. The number of likely N-dealkylation sites (N-methyl/N-ethyl adjacent to an activating group) is 1. The molecule has 0 aliphatic heterocycles. The minimum absolute atomic E-state index is 0. The van der Waals surface area contributed by atoms with Crippen LogP contribution in [-0.2, 0) is 10.8 Å². The van der Waals surface area contributed by atoms with Crippen LogP contribution in [-0.4, -0.2) is 58.9 Å². The third-order valence-electron chi connectivity index (χ3n) is 3.43.